The zero-order chi connectivity index (χ0) is 14.4. The van der Waals surface area contributed by atoms with Crippen LogP contribution in [0.25, 0.3) is 0 Å². The lowest BCUT2D eigenvalue weighted by Gasteiger charge is -2.38. The van der Waals surface area contributed by atoms with Crippen LogP contribution < -0.4 is 5.32 Å². The van der Waals surface area contributed by atoms with Crippen molar-refractivity contribution in [3.05, 3.63) is 0 Å². The van der Waals surface area contributed by atoms with Gasteiger partial charge in [-0.1, -0.05) is 20.8 Å². The average molecular weight is 291 g/mol. The van der Waals surface area contributed by atoms with Gasteiger partial charge in [-0.25, -0.2) is 8.42 Å². The highest BCUT2D eigenvalue weighted by Crippen LogP contribution is 2.32. The first-order valence-corrected chi connectivity index (χ1v) is 9.23. The van der Waals surface area contributed by atoms with E-state index in [4.69, 9.17) is 4.74 Å². The molecule has 0 aromatic rings. The van der Waals surface area contributed by atoms with Crippen molar-refractivity contribution in [3.63, 3.8) is 0 Å². The second-order valence-corrected chi connectivity index (χ2v) is 8.40. The van der Waals surface area contributed by atoms with Gasteiger partial charge in [0.25, 0.3) is 0 Å². The Morgan fingerprint density at radius 2 is 2.05 bits per heavy atom. The Kier molecular flexibility index (Phi) is 6.77. The summed E-state index contributed by atoms with van der Waals surface area (Å²) >= 11 is 0. The van der Waals surface area contributed by atoms with E-state index in [-0.39, 0.29) is 5.41 Å². The molecule has 0 amide bonds. The fourth-order valence-electron chi connectivity index (χ4n) is 2.54. The van der Waals surface area contributed by atoms with Crippen molar-refractivity contribution in [2.45, 2.75) is 52.5 Å². The van der Waals surface area contributed by atoms with Gasteiger partial charge in [0.2, 0.25) is 0 Å². The lowest BCUT2D eigenvalue weighted by molar-refractivity contribution is -0.00980. The maximum absolute atomic E-state index is 11.9. The molecule has 5 heteroatoms. The van der Waals surface area contributed by atoms with E-state index >= 15 is 0 Å². The molecule has 114 valence electrons. The summed E-state index contributed by atoms with van der Waals surface area (Å²) in [6.45, 7) is 8.50. The summed E-state index contributed by atoms with van der Waals surface area (Å²) in [5.41, 5.74) is 0.00330. The van der Waals surface area contributed by atoms with E-state index in [1.165, 1.54) is 0 Å². The van der Waals surface area contributed by atoms with Crippen LogP contribution in [0.3, 0.4) is 0 Å². The Balaban J connectivity index is 2.59. The van der Waals surface area contributed by atoms with Gasteiger partial charge in [-0.2, -0.15) is 0 Å². The van der Waals surface area contributed by atoms with E-state index in [2.05, 4.69) is 19.2 Å². The third-order valence-corrected chi connectivity index (χ3v) is 5.60. The molecule has 1 aliphatic heterocycles. The Morgan fingerprint density at radius 3 is 2.58 bits per heavy atom. The molecule has 1 aliphatic rings. The largest absolute Gasteiger partial charge is 0.381 e. The van der Waals surface area contributed by atoms with Crippen LogP contribution in [0.2, 0.25) is 0 Å². The number of sulfone groups is 1. The molecule has 1 unspecified atom stereocenters. The van der Waals surface area contributed by atoms with Crippen molar-refractivity contribution in [3.8, 4) is 0 Å². The van der Waals surface area contributed by atoms with E-state index < -0.39 is 9.84 Å². The summed E-state index contributed by atoms with van der Waals surface area (Å²) in [4.78, 5) is 0. The second kappa shape index (κ2) is 7.60. The van der Waals surface area contributed by atoms with Crippen molar-refractivity contribution >= 4 is 9.84 Å². The molecular weight excluding hydrogens is 262 g/mol. The van der Waals surface area contributed by atoms with Gasteiger partial charge in [0.15, 0.2) is 0 Å². The molecule has 0 radical (unpaired) electrons. The first-order valence-electron chi connectivity index (χ1n) is 7.41. The third-order valence-electron chi connectivity index (χ3n) is 3.75. The summed E-state index contributed by atoms with van der Waals surface area (Å²) in [7, 11) is -2.89. The van der Waals surface area contributed by atoms with Crippen LogP contribution in [-0.2, 0) is 14.6 Å². The van der Waals surface area contributed by atoms with Gasteiger partial charge in [-0.3, -0.25) is 0 Å². The van der Waals surface area contributed by atoms with Crippen LogP contribution in [0, 0.1) is 5.41 Å². The molecule has 4 nitrogen and oxygen atoms in total. The van der Waals surface area contributed by atoms with Gasteiger partial charge in [0, 0.05) is 30.4 Å². The highest BCUT2D eigenvalue weighted by atomic mass is 32.2. The van der Waals surface area contributed by atoms with Gasteiger partial charge in [0.05, 0.1) is 12.4 Å². The van der Waals surface area contributed by atoms with E-state index in [0.717, 1.165) is 32.4 Å². The van der Waals surface area contributed by atoms with Crippen molar-refractivity contribution in [2.75, 3.05) is 31.3 Å². The smallest absolute Gasteiger partial charge is 0.150 e. The maximum Gasteiger partial charge on any atom is 0.150 e. The number of ether oxygens (including phenoxy) is 1. The SMILES string of the molecule is CCCS(=O)(=O)CCC1(CNC(C)C)CCCOC1. The normalized spacial score (nSPS) is 24.8. The first-order chi connectivity index (χ1) is 8.89. The average Bonchev–Trinajstić information content (AvgIpc) is 2.36. The van der Waals surface area contributed by atoms with Crippen LogP contribution >= 0.6 is 0 Å². The van der Waals surface area contributed by atoms with Crippen LogP contribution in [0.4, 0.5) is 0 Å². The molecular formula is C14H29NO3S. The molecule has 1 N–H and O–H groups in total. The fraction of sp³-hybridized carbons (Fsp3) is 1.00. The lowest BCUT2D eigenvalue weighted by Crippen LogP contribution is -2.44. The first kappa shape index (κ1) is 16.9. The maximum atomic E-state index is 11.9. The van der Waals surface area contributed by atoms with Gasteiger partial charge in [-0.05, 0) is 25.7 Å². The molecule has 0 bridgehead atoms. The highest BCUT2D eigenvalue weighted by molar-refractivity contribution is 7.91. The number of rotatable bonds is 8. The zero-order valence-electron chi connectivity index (χ0n) is 12.6. The zero-order valence-corrected chi connectivity index (χ0v) is 13.4. The Morgan fingerprint density at radius 1 is 1.32 bits per heavy atom. The summed E-state index contributed by atoms with van der Waals surface area (Å²) < 4.78 is 29.4. The van der Waals surface area contributed by atoms with Gasteiger partial charge >= 0.3 is 0 Å². The van der Waals surface area contributed by atoms with Crippen molar-refractivity contribution in [1.29, 1.82) is 0 Å². The second-order valence-electron chi connectivity index (χ2n) is 6.09. The van der Waals surface area contributed by atoms with Crippen molar-refractivity contribution in [1.82, 2.24) is 5.32 Å². The monoisotopic (exact) mass is 291 g/mol. The predicted molar refractivity (Wildman–Crippen MR) is 79.2 cm³/mol. The molecule has 1 heterocycles. The van der Waals surface area contributed by atoms with Crippen LogP contribution in [-0.4, -0.2) is 45.7 Å². The number of hydrogen-bond acceptors (Lipinski definition) is 4. The van der Waals surface area contributed by atoms with E-state index in [9.17, 15) is 8.42 Å². The standard InChI is InChI=1S/C14H29NO3S/c1-4-9-19(16,17)10-7-14(11-15-13(2)3)6-5-8-18-12-14/h13,15H,4-12H2,1-3H3. The van der Waals surface area contributed by atoms with Crippen molar-refractivity contribution in [2.24, 2.45) is 5.41 Å². The van der Waals surface area contributed by atoms with Crippen molar-refractivity contribution < 1.29 is 13.2 Å². The molecule has 0 aromatic carbocycles. The number of nitrogens with one attached hydrogen (secondary N) is 1. The van der Waals surface area contributed by atoms with E-state index in [1.807, 2.05) is 6.92 Å². The molecule has 1 atom stereocenters. The number of hydrogen-bond donors (Lipinski definition) is 1. The predicted octanol–water partition coefficient (Wildman–Crippen LogP) is 2.00. The van der Waals surface area contributed by atoms with Gasteiger partial charge in [-0.15, -0.1) is 0 Å². The molecule has 1 rings (SSSR count). The van der Waals surface area contributed by atoms with E-state index in [0.29, 0.717) is 30.6 Å². The highest BCUT2D eigenvalue weighted by Gasteiger charge is 2.34. The topological polar surface area (TPSA) is 55.4 Å². The minimum absolute atomic E-state index is 0.00330. The summed E-state index contributed by atoms with van der Waals surface area (Å²) in [6.07, 6.45) is 3.52. The third kappa shape index (κ3) is 6.23. The Bertz CT molecular complexity index is 346. The van der Waals surface area contributed by atoms with Gasteiger partial charge < -0.3 is 10.1 Å². The van der Waals surface area contributed by atoms with E-state index in [1.54, 1.807) is 0 Å². The Hall–Kier alpha value is -0.130. The minimum Gasteiger partial charge on any atom is -0.381 e. The van der Waals surface area contributed by atoms with Crippen LogP contribution in [0.5, 0.6) is 0 Å². The molecule has 0 spiro atoms. The molecule has 19 heavy (non-hydrogen) atoms. The summed E-state index contributed by atoms with van der Waals surface area (Å²) in [5, 5.41) is 3.45. The minimum atomic E-state index is -2.89. The molecule has 0 saturated carbocycles. The molecule has 0 aromatic heterocycles. The summed E-state index contributed by atoms with van der Waals surface area (Å²) in [6, 6.07) is 0.422. The lowest BCUT2D eigenvalue weighted by atomic mass is 9.80. The quantitative estimate of drug-likeness (QED) is 0.743. The van der Waals surface area contributed by atoms with Crippen LogP contribution in [0.1, 0.15) is 46.5 Å². The van der Waals surface area contributed by atoms with Crippen LogP contribution in [0.15, 0.2) is 0 Å². The fourth-order valence-corrected chi connectivity index (χ4v) is 4.11. The molecule has 1 fully saturated rings. The molecule has 0 aliphatic carbocycles. The summed E-state index contributed by atoms with van der Waals surface area (Å²) in [5.74, 6) is 0.603. The molecule has 1 saturated heterocycles. The Labute approximate surface area is 118 Å². The van der Waals surface area contributed by atoms with Gasteiger partial charge in [0.1, 0.15) is 9.84 Å².